The van der Waals surface area contributed by atoms with E-state index in [0.717, 1.165) is 25.6 Å². The first-order valence-corrected chi connectivity index (χ1v) is 10.9. The minimum atomic E-state index is 0.502. The molecule has 3 aliphatic rings. The van der Waals surface area contributed by atoms with Gasteiger partial charge in [0.1, 0.15) is 0 Å². The van der Waals surface area contributed by atoms with Crippen molar-refractivity contribution in [3.63, 3.8) is 0 Å². The Kier molecular flexibility index (Phi) is 5.05. The average Bonchev–Trinajstić information content (AvgIpc) is 3.24. The molecule has 1 aromatic heterocycles. The monoisotopic (exact) mass is 360 g/mol. The van der Waals surface area contributed by atoms with Gasteiger partial charge in [0, 0.05) is 43.6 Å². The van der Waals surface area contributed by atoms with Crippen molar-refractivity contribution in [2.75, 3.05) is 32.7 Å². The third-order valence-electron chi connectivity index (χ3n) is 6.45. The van der Waals surface area contributed by atoms with Crippen molar-refractivity contribution >= 4 is 17.3 Å². The molecule has 3 heterocycles. The Labute approximate surface area is 156 Å². The lowest BCUT2D eigenvalue weighted by Crippen LogP contribution is -2.44. The third-order valence-corrected chi connectivity index (χ3v) is 7.48. The molecule has 0 bridgehead atoms. The lowest BCUT2D eigenvalue weighted by Gasteiger charge is -2.38. The summed E-state index contributed by atoms with van der Waals surface area (Å²) in [4.78, 5) is 11.7. The number of fused-ring (bicyclic) bond motifs is 1. The number of guanidine groups is 1. The maximum atomic E-state index is 5.03. The smallest absolute Gasteiger partial charge is 0.193 e. The van der Waals surface area contributed by atoms with Gasteiger partial charge in [-0.3, -0.25) is 9.89 Å². The van der Waals surface area contributed by atoms with E-state index in [1.165, 1.54) is 57.3 Å². The predicted octanol–water partition coefficient (Wildman–Crippen LogP) is 3.34. The number of hydrogen-bond acceptors (Lipinski definition) is 3. The van der Waals surface area contributed by atoms with Crippen LogP contribution in [0.3, 0.4) is 0 Å². The summed E-state index contributed by atoms with van der Waals surface area (Å²) in [7, 11) is 0. The Hall–Kier alpha value is -1.07. The van der Waals surface area contributed by atoms with Crippen LogP contribution in [-0.2, 0) is 13.0 Å². The van der Waals surface area contributed by atoms with Crippen LogP contribution in [0.4, 0.5) is 0 Å². The van der Waals surface area contributed by atoms with E-state index in [1.807, 2.05) is 11.3 Å². The number of hydrogen-bond donors (Lipinski definition) is 1. The molecule has 2 fully saturated rings. The molecule has 2 aliphatic heterocycles. The first kappa shape index (κ1) is 17.3. The second-order valence-corrected chi connectivity index (χ2v) is 9.16. The van der Waals surface area contributed by atoms with Gasteiger partial charge in [0.2, 0.25) is 0 Å². The fraction of sp³-hybridized carbons (Fsp3) is 0.750. The van der Waals surface area contributed by atoms with Crippen LogP contribution in [0.25, 0.3) is 0 Å². The van der Waals surface area contributed by atoms with E-state index in [0.29, 0.717) is 11.5 Å². The molecule has 1 N–H and O–H groups in total. The summed E-state index contributed by atoms with van der Waals surface area (Å²) in [5.74, 6) is 1.14. The molecule has 0 amide bonds. The molecule has 0 radical (unpaired) electrons. The molecule has 138 valence electrons. The zero-order chi connectivity index (χ0) is 17.3. The topological polar surface area (TPSA) is 30.9 Å². The lowest BCUT2D eigenvalue weighted by molar-refractivity contribution is 0.151. The lowest BCUT2D eigenvalue weighted by atomic mass is 9.68. The average molecular weight is 361 g/mol. The highest BCUT2D eigenvalue weighted by Crippen LogP contribution is 2.47. The number of likely N-dealkylation sites (tertiary alicyclic amines) is 1. The Morgan fingerprint density at radius 1 is 1.36 bits per heavy atom. The largest absolute Gasteiger partial charge is 0.357 e. The Morgan fingerprint density at radius 2 is 2.24 bits per heavy atom. The normalized spacial score (nSPS) is 24.2. The van der Waals surface area contributed by atoms with E-state index >= 15 is 0 Å². The molecule has 4 rings (SSSR count). The Morgan fingerprint density at radius 3 is 2.96 bits per heavy atom. The Bertz CT molecular complexity index is 619. The maximum Gasteiger partial charge on any atom is 0.193 e. The van der Waals surface area contributed by atoms with Gasteiger partial charge in [-0.05, 0) is 62.0 Å². The van der Waals surface area contributed by atoms with E-state index in [9.17, 15) is 0 Å². The molecule has 0 aromatic carbocycles. The van der Waals surface area contributed by atoms with Gasteiger partial charge in [0.25, 0.3) is 0 Å². The molecular formula is C20H32N4S. The second-order valence-electron chi connectivity index (χ2n) is 8.16. The molecule has 1 saturated heterocycles. The standard InChI is InChI=1S/C20H32N4S/c1-3-21-19(24-11-9-20(15-24)7-4-8-20)22-13-16(2)23-10-5-18-17(14-23)6-12-25-18/h6,12,16H,3-5,7-11,13-15H2,1-2H3,(H,21,22). The van der Waals surface area contributed by atoms with Crippen molar-refractivity contribution in [2.45, 2.75) is 58.5 Å². The van der Waals surface area contributed by atoms with Crippen molar-refractivity contribution < 1.29 is 0 Å². The van der Waals surface area contributed by atoms with E-state index in [2.05, 4.69) is 40.4 Å². The summed E-state index contributed by atoms with van der Waals surface area (Å²) in [5, 5.41) is 5.78. The summed E-state index contributed by atoms with van der Waals surface area (Å²) in [6, 6.07) is 2.80. The van der Waals surface area contributed by atoms with Gasteiger partial charge >= 0.3 is 0 Å². The van der Waals surface area contributed by atoms with E-state index in [1.54, 1.807) is 4.88 Å². The van der Waals surface area contributed by atoms with Crippen LogP contribution in [-0.4, -0.2) is 54.5 Å². The molecule has 1 unspecified atom stereocenters. The zero-order valence-electron chi connectivity index (χ0n) is 15.8. The number of aliphatic imine (C=N–C) groups is 1. The number of rotatable bonds is 4. The number of nitrogens with one attached hydrogen (secondary N) is 1. The summed E-state index contributed by atoms with van der Waals surface area (Å²) < 4.78 is 0. The highest BCUT2D eigenvalue weighted by molar-refractivity contribution is 7.10. The van der Waals surface area contributed by atoms with Gasteiger partial charge in [-0.15, -0.1) is 11.3 Å². The quantitative estimate of drug-likeness (QED) is 0.660. The highest BCUT2D eigenvalue weighted by atomic mass is 32.1. The first-order chi connectivity index (χ1) is 12.2. The van der Waals surface area contributed by atoms with Crippen LogP contribution in [0.2, 0.25) is 0 Å². The van der Waals surface area contributed by atoms with Crippen LogP contribution >= 0.6 is 11.3 Å². The summed E-state index contributed by atoms with van der Waals surface area (Å²) >= 11 is 1.92. The van der Waals surface area contributed by atoms with Crippen LogP contribution in [0.5, 0.6) is 0 Å². The molecule has 1 aromatic rings. The van der Waals surface area contributed by atoms with Gasteiger partial charge in [-0.2, -0.15) is 0 Å². The first-order valence-electron chi connectivity index (χ1n) is 10.0. The predicted molar refractivity (Wildman–Crippen MR) is 106 cm³/mol. The molecule has 5 heteroatoms. The van der Waals surface area contributed by atoms with E-state index in [-0.39, 0.29) is 0 Å². The van der Waals surface area contributed by atoms with Gasteiger partial charge in [0.15, 0.2) is 5.96 Å². The molecule has 1 spiro atoms. The molecule has 4 nitrogen and oxygen atoms in total. The Balaban J connectivity index is 1.36. The van der Waals surface area contributed by atoms with Gasteiger partial charge in [0.05, 0.1) is 6.54 Å². The van der Waals surface area contributed by atoms with Crippen molar-refractivity contribution in [3.8, 4) is 0 Å². The SMILES string of the molecule is CCNC(=NCC(C)N1CCc2sccc2C1)N1CCC2(CCC2)C1. The van der Waals surface area contributed by atoms with Crippen LogP contribution in [0.1, 0.15) is 50.0 Å². The van der Waals surface area contributed by atoms with E-state index < -0.39 is 0 Å². The fourth-order valence-electron chi connectivity index (χ4n) is 4.61. The molecule has 25 heavy (non-hydrogen) atoms. The number of thiophene rings is 1. The van der Waals surface area contributed by atoms with Crippen molar-refractivity contribution in [1.29, 1.82) is 0 Å². The highest BCUT2D eigenvalue weighted by Gasteiger charge is 2.43. The minimum absolute atomic E-state index is 0.502. The molecule has 1 saturated carbocycles. The van der Waals surface area contributed by atoms with Crippen LogP contribution in [0.15, 0.2) is 16.4 Å². The zero-order valence-corrected chi connectivity index (χ0v) is 16.6. The van der Waals surface area contributed by atoms with Crippen LogP contribution in [0, 0.1) is 5.41 Å². The van der Waals surface area contributed by atoms with Crippen molar-refractivity contribution in [3.05, 3.63) is 21.9 Å². The van der Waals surface area contributed by atoms with Gasteiger partial charge in [-0.25, -0.2) is 0 Å². The maximum absolute atomic E-state index is 5.03. The molecule has 1 atom stereocenters. The summed E-state index contributed by atoms with van der Waals surface area (Å²) in [5.41, 5.74) is 2.16. The van der Waals surface area contributed by atoms with Gasteiger partial charge < -0.3 is 10.2 Å². The number of nitrogens with zero attached hydrogens (tertiary/aromatic N) is 3. The molecular weight excluding hydrogens is 328 g/mol. The van der Waals surface area contributed by atoms with E-state index in [4.69, 9.17) is 4.99 Å². The second kappa shape index (κ2) is 7.28. The minimum Gasteiger partial charge on any atom is -0.357 e. The van der Waals surface area contributed by atoms with Gasteiger partial charge in [-0.1, -0.05) is 6.42 Å². The fourth-order valence-corrected chi connectivity index (χ4v) is 5.50. The summed E-state index contributed by atoms with van der Waals surface area (Å²) in [6.45, 7) is 11.0. The van der Waals surface area contributed by atoms with Crippen LogP contribution < -0.4 is 5.32 Å². The third kappa shape index (κ3) is 3.59. The van der Waals surface area contributed by atoms with Crippen molar-refractivity contribution in [2.24, 2.45) is 10.4 Å². The summed E-state index contributed by atoms with van der Waals surface area (Å²) in [6.07, 6.45) is 6.85. The van der Waals surface area contributed by atoms with Crippen molar-refractivity contribution in [1.82, 2.24) is 15.1 Å². The molecule has 1 aliphatic carbocycles.